The fraction of sp³-hybridized carbons (Fsp3) is 0.615. The van der Waals surface area contributed by atoms with Crippen molar-refractivity contribution in [3.05, 3.63) is 12.5 Å². The first-order valence-corrected chi connectivity index (χ1v) is 6.67. The van der Waals surface area contributed by atoms with Gasteiger partial charge in [-0.2, -0.15) is 4.98 Å². The quantitative estimate of drug-likeness (QED) is 0.839. The third-order valence-corrected chi connectivity index (χ3v) is 3.21. The van der Waals surface area contributed by atoms with Crippen molar-refractivity contribution in [1.29, 1.82) is 0 Å². The molecule has 1 aliphatic rings. The van der Waals surface area contributed by atoms with Crippen LogP contribution in [-0.4, -0.2) is 45.6 Å². The number of nitrogens with zero attached hydrogens (tertiary/aromatic N) is 3. The highest BCUT2D eigenvalue weighted by atomic mass is 16.6. The van der Waals surface area contributed by atoms with Gasteiger partial charge < -0.3 is 15.8 Å². The Labute approximate surface area is 118 Å². The highest BCUT2D eigenvalue weighted by Crippen LogP contribution is 2.24. The van der Waals surface area contributed by atoms with E-state index in [-0.39, 0.29) is 23.1 Å². The van der Waals surface area contributed by atoms with Crippen molar-refractivity contribution >= 4 is 11.8 Å². The van der Waals surface area contributed by atoms with Gasteiger partial charge in [-0.05, 0) is 33.7 Å². The number of carbonyl (C=O) groups is 1. The number of hydrogen-bond acceptors (Lipinski definition) is 6. The molecule has 1 amide bonds. The first kappa shape index (κ1) is 14.5. The Hall–Kier alpha value is -1.89. The van der Waals surface area contributed by atoms with Gasteiger partial charge in [0.2, 0.25) is 0 Å². The third kappa shape index (κ3) is 3.16. The predicted molar refractivity (Wildman–Crippen MR) is 75.3 cm³/mol. The first-order chi connectivity index (χ1) is 9.39. The normalized spacial score (nSPS) is 18.9. The van der Waals surface area contributed by atoms with E-state index in [4.69, 9.17) is 10.5 Å². The predicted octanol–water partition coefficient (Wildman–Crippen LogP) is 1.02. The third-order valence-electron chi connectivity index (χ3n) is 3.21. The van der Waals surface area contributed by atoms with Crippen LogP contribution in [0.4, 0.5) is 10.5 Å². The van der Waals surface area contributed by atoms with Crippen molar-refractivity contribution < 1.29 is 9.53 Å². The summed E-state index contributed by atoms with van der Waals surface area (Å²) >= 11 is 0. The molecule has 20 heavy (non-hydrogen) atoms. The van der Waals surface area contributed by atoms with Crippen LogP contribution in [0.15, 0.2) is 12.5 Å². The van der Waals surface area contributed by atoms with Gasteiger partial charge >= 0.3 is 6.09 Å². The van der Waals surface area contributed by atoms with Gasteiger partial charge in [0.15, 0.2) is 0 Å². The number of amides is 1. The van der Waals surface area contributed by atoms with Crippen LogP contribution in [-0.2, 0) is 0 Å². The van der Waals surface area contributed by atoms with Crippen LogP contribution in [0, 0.1) is 0 Å². The highest BCUT2D eigenvalue weighted by molar-refractivity contribution is 5.73. The van der Waals surface area contributed by atoms with Crippen LogP contribution >= 0.6 is 0 Å². The van der Waals surface area contributed by atoms with Gasteiger partial charge in [0.05, 0.1) is 6.20 Å². The molecule has 7 nitrogen and oxygen atoms in total. The second kappa shape index (κ2) is 5.62. The average molecular weight is 279 g/mol. The first-order valence-electron chi connectivity index (χ1n) is 6.67. The SMILES string of the molecule is CC(C)(C)N(C(=O)Oc1ncncc1N)[C@H]1CCNC1. The largest absolute Gasteiger partial charge is 0.417 e. The molecule has 2 heterocycles. The summed E-state index contributed by atoms with van der Waals surface area (Å²) in [4.78, 5) is 21.9. The summed E-state index contributed by atoms with van der Waals surface area (Å²) < 4.78 is 5.33. The molecule has 0 radical (unpaired) electrons. The average Bonchev–Trinajstić information content (AvgIpc) is 2.84. The van der Waals surface area contributed by atoms with Gasteiger partial charge in [0.1, 0.15) is 12.0 Å². The molecule has 1 atom stereocenters. The molecule has 1 aliphatic heterocycles. The molecule has 7 heteroatoms. The lowest BCUT2D eigenvalue weighted by atomic mass is 10.0. The van der Waals surface area contributed by atoms with Crippen molar-refractivity contribution in [3.63, 3.8) is 0 Å². The van der Waals surface area contributed by atoms with Crippen molar-refractivity contribution in [1.82, 2.24) is 20.2 Å². The molecule has 0 unspecified atom stereocenters. The van der Waals surface area contributed by atoms with Crippen molar-refractivity contribution in [2.75, 3.05) is 18.8 Å². The zero-order valence-electron chi connectivity index (χ0n) is 12.1. The molecule has 110 valence electrons. The van der Waals surface area contributed by atoms with E-state index in [2.05, 4.69) is 15.3 Å². The van der Waals surface area contributed by atoms with Crippen LogP contribution < -0.4 is 15.8 Å². The Bertz CT molecular complexity index is 480. The maximum absolute atomic E-state index is 12.5. The monoisotopic (exact) mass is 279 g/mol. The Morgan fingerprint density at radius 2 is 2.30 bits per heavy atom. The lowest BCUT2D eigenvalue weighted by molar-refractivity contribution is 0.0804. The number of hydrogen-bond donors (Lipinski definition) is 2. The molecule has 1 fully saturated rings. The lowest BCUT2D eigenvalue weighted by Gasteiger charge is -2.38. The zero-order valence-corrected chi connectivity index (χ0v) is 12.1. The molecule has 1 aromatic rings. The Balaban J connectivity index is 2.17. The summed E-state index contributed by atoms with van der Waals surface area (Å²) in [5.41, 5.74) is 5.61. The van der Waals surface area contributed by atoms with Gasteiger partial charge in [0, 0.05) is 18.1 Å². The summed E-state index contributed by atoms with van der Waals surface area (Å²) in [6.07, 6.45) is 3.19. The molecule has 2 rings (SSSR count). The smallest absolute Gasteiger partial charge is 0.393 e. The molecule has 0 aliphatic carbocycles. The number of anilines is 1. The van der Waals surface area contributed by atoms with E-state index in [0.717, 1.165) is 19.5 Å². The van der Waals surface area contributed by atoms with Crippen LogP contribution in [0.5, 0.6) is 5.88 Å². The molecule has 0 bridgehead atoms. The number of nitrogens with two attached hydrogens (primary N) is 1. The van der Waals surface area contributed by atoms with Gasteiger partial charge in [-0.25, -0.2) is 9.78 Å². The van der Waals surface area contributed by atoms with Crippen LogP contribution in [0.25, 0.3) is 0 Å². The summed E-state index contributed by atoms with van der Waals surface area (Å²) in [5, 5.41) is 3.26. The summed E-state index contributed by atoms with van der Waals surface area (Å²) in [7, 11) is 0. The molecule has 1 aromatic heterocycles. The maximum Gasteiger partial charge on any atom is 0.417 e. The van der Waals surface area contributed by atoms with Crippen molar-refractivity contribution in [3.8, 4) is 5.88 Å². The maximum atomic E-state index is 12.5. The zero-order chi connectivity index (χ0) is 14.8. The fourth-order valence-corrected chi connectivity index (χ4v) is 2.38. The standard InChI is InChI=1S/C13H21N5O2/c1-13(2,3)18(9-4-5-15-6-9)12(19)20-11-10(14)7-16-8-17-11/h7-9,15H,4-6,14H2,1-3H3/t9-/m0/s1. The van der Waals surface area contributed by atoms with Gasteiger partial charge in [0.25, 0.3) is 5.88 Å². The van der Waals surface area contributed by atoms with E-state index in [0.29, 0.717) is 0 Å². The van der Waals surface area contributed by atoms with E-state index in [1.54, 1.807) is 4.90 Å². The van der Waals surface area contributed by atoms with Gasteiger partial charge in [-0.3, -0.25) is 4.90 Å². The second-order valence-electron chi connectivity index (χ2n) is 5.84. The second-order valence-corrected chi connectivity index (χ2v) is 5.84. The topological polar surface area (TPSA) is 93.4 Å². The molecule has 3 N–H and O–H groups in total. The summed E-state index contributed by atoms with van der Waals surface area (Å²) in [5.74, 6) is 0.102. The number of nitrogens with one attached hydrogen (secondary N) is 1. The number of aromatic nitrogens is 2. The van der Waals surface area contributed by atoms with E-state index < -0.39 is 6.09 Å². The molecular weight excluding hydrogens is 258 g/mol. The van der Waals surface area contributed by atoms with E-state index in [1.165, 1.54) is 12.5 Å². The molecule has 1 saturated heterocycles. The Morgan fingerprint density at radius 3 is 2.85 bits per heavy atom. The van der Waals surface area contributed by atoms with E-state index in [9.17, 15) is 4.79 Å². The van der Waals surface area contributed by atoms with Crippen LogP contribution in [0.1, 0.15) is 27.2 Å². The molecule has 0 spiro atoms. The van der Waals surface area contributed by atoms with E-state index in [1.807, 2.05) is 20.8 Å². The summed E-state index contributed by atoms with van der Waals surface area (Å²) in [6.45, 7) is 7.62. The number of carbonyl (C=O) groups excluding carboxylic acids is 1. The minimum Gasteiger partial charge on any atom is -0.393 e. The van der Waals surface area contributed by atoms with Crippen LogP contribution in [0.2, 0.25) is 0 Å². The highest BCUT2D eigenvalue weighted by Gasteiger charge is 2.36. The van der Waals surface area contributed by atoms with Crippen molar-refractivity contribution in [2.24, 2.45) is 0 Å². The molecule has 0 saturated carbocycles. The molecular formula is C13H21N5O2. The van der Waals surface area contributed by atoms with Crippen LogP contribution in [0.3, 0.4) is 0 Å². The number of ether oxygens (including phenoxy) is 1. The Morgan fingerprint density at radius 1 is 1.55 bits per heavy atom. The number of rotatable bonds is 2. The molecule has 0 aromatic carbocycles. The minimum atomic E-state index is -0.434. The lowest BCUT2D eigenvalue weighted by Crippen LogP contribution is -2.53. The van der Waals surface area contributed by atoms with Gasteiger partial charge in [-0.1, -0.05) is 0 Å². The minimum absolute atomic E-state index is 0.102. The Kier molecular flexibility index (Phi) is 4.08. The van der Waals surface area contributed by atoms with E-state index >= 15 is 0 Å². The fourth-order valence-electron chi connectivity index (χ4n) is 2.38. The summed E-state index contributed by atoms with van der Waals surface area (Å²) in [6, 6.07) is 0.116. The number of nitrogen functional groups attached to an aromatic ring is 1. The van der Waals surface area contributed by atoms with Crippen molar-refractivity contribution in [2.45, 2.75) is 38.8 Å². The van der Waals surface area contributed by atoms with Gasteiger partial charge in [-0.15, -0.1) is 0 Å².